The van der Waals surface area contributed by atoms with E-state index in [-0.39, 0.29) is 11.9 Å². The Morgan fingerprint density at radius 3 is 2.64 bits per heavy atom. The van der Waals surface area contributed by atoms with Crippen molar-refractivity contribution in [2.45, 2.75) is 39.2 Å². The highest BCUT2D eigenvalue weighted by Crippen LogP contribution is 2.24. The fourth-order valence-corrected chi connectivity index (χ4v) is 3.22. The number of carbonyl (C=O) groups is 1. The standard InChI is InChI=1S/C18H27NO3/c1-13-4-5-16(14(2)12-13)17(20)8-11-19-9-6-15(7-10-19)18(21)22-3/h4-5,12,15,17,20H,6-11H2,1-3H3. The molecule has 1 saturated heterocycles. The predicted octanol–water partition coefficient (Wildman–Crippen LogP) is 2.61. The third-order valence-corrected chi connectivity index (χ3v) is 4.63. The zero-order chi connectivity index (χ0) is 16.1. The molecule has 0 amide bonds. The van der Waals surface area contributed by atoms with Gasteiger partial charge in [-0.1, -0.05) is 23.8 Å². The maximum Gasteiger partial charge on any atom is 0.308 e. The molecule has 0 bridgehead atoms. The summed E-state index contributed by atoms with van der Waals surface area (Å²) in [5.74, 6) is -0.0412. The summed E-state index contributed by atoms with van der Waals surface area (Å²) in [5.41, 5.74) is 3.39. The molecular weight excluding hydrogens is 278 g/mol. The molecule has 1 atom stereocenters. The highest BCUT2D eigenvalue weighted by molar-refractivity contribution is 5.72. The molecule has 1 aromatic rings. The van der Waals surface area contributed by atoms with Gasteiger partial charge >= 0.3 is 5.97 Å². The van der Waals surface area contributed by atoms with Crippen LogP contribution in [0.15, 0.2) is 18.2 Å². The van der Waals surface area contributed by atoms with Gasteiger partial charge in [-0.05, 0) is 57.3 Å². The van der Waals surface area contributed by atoms with Crippen LogP contribution in [0.1, 0.15) is 42.1 Å². The van der Waals surface area contributed by atoms with E-state index in [1.54, 1.807) is 0 Å². The lowest BCUT2D eigenvalue weighted by molar-refractivity contribution is -0.147. The van der Waals surface area contributed by atoms with Gasteiger partial charge in [0.25, 0.3) is 0 Å². The molecule has 4 nitrogen and oxygen atoms in total. The molecular formula is C18H27NO3. The number of hydrogen-bond acceptors (Lipinski definition) is 4. The van der Waals surface area contributed by atoms with E-state index in [0.717, 1.165) is 50.0 Å². The molecule has 2 rings (SSSR count). The Balaban J connectivity index is 1.80. The van der Waals surface area contributed by atoms with Crippen LogP contribution in [0.3, 0.4) is 0 Å². The summed E-state index contributed by atoms with van der Waals surface area (Å²) in [5, 5.41) is 10.4. The molecule has 1 aromatic carbocycles. The molecule has 0 spiro atoms. The molecule has 122 valence electrons. The SMILES string of the molecule is COC(=O)C1CCN(CCC(O)c2ccc(C)cc2C)CC1. The normalized spacial score (nSPS) is 18.2. The zero-order valence-electron chi connectivity index (χ0n) is 13.8. The van der Waals surface area contributed by atoms with Crippen LogP contribution >= 0.6 is 0 Å². The Labute approximate surface area is 133 Å². The Kier molecular flexibility index (Phi) is 5.98. The smallest absolute Gasteiger partial charge is 0.308 e. The van der Waals surface area contributed by atoms with Crippen molar-refractivity contribution in [3.63, 3.8) is 0 Å². The van der Waals surface area contributed by atoms with Crippen molar-refractivity contribution in [1.82, 2.24) is 4.90 Å². The molecule has 22 heavy (non-hydrogen) atoms. The van der Waals surface area contributed by atoms with E-state index in [9.17, 15) is 9.90 Å². The van der Waals surface area contributed by atoms with Crippen LogP contribution in [0.4, 0.5) is 0 Å². The number of piperidine rings is 1. The van der Waals surface area contributed by atoms with Crippen LogP contribution in [0.5, 0.6) is 0 Å². The van der Waals surface area contributed by atoms with E-state index in [1.807, 2.05) is 19.1 Å². The average Bonchev–Trinajstić information content (AvgIpc) is 2.52. The van der Waals surface area contributed by atoms with E-state index in [4.69, 9.17) is 4.74 Å². The first kappa shape index (κ1) is 17.0. The third kappa shape index (κ3) is 4.31. The van der Waals surface area contributed by atoms with Crippen molar-refractivity contribution in [3.8, 4) is 0 Å². The van der Waals surface area contributed by atoms with E-state index in [1.165, 1.54) is 12.7 Å². The fourth-order valence-electron chi connectivity index (χ4n) is 3.22. The summed E-state index contributed by atoms with van der Waals surface area (Å²) in [7, 11) is 1.45. The number of esters is 1. The molecule has 0 aromatic heterocycles. The van der Waals surface area contributed by atoms with E-state index in [2.05, 4.69) is 17.9 Å². The van der Waals surface area contributed by atoms with Crippen molar-refractivity contribution in [1.29, 1.82) is 0 Å². The number of hydrogen-bond donors (Lipinski definition) is 1. The first-order chi connectivity index (χ1) is 10.5. The monoisotopic (exact) mass is 305 g/mol. The number of aryl methyl sites for hydroxylation is 2. The first-order valence-electron chi connectivity index (χ1n) is 8.06. The predicted molar refractivity (Wildman–Crippen MR) is 86.7 cm³/mol. The van der Waals surface area contributed by atoms with E-state index < -0.39 is 6.10 Å². The highest BCUT2D eigenvalue weighted by Gasteiger charge is 2.25. The summed E-state index contributed by atoms with van der Waals surface area (Å²) in [4.78, 5) is 13.8. The molecule has 1 fully saturated rings. The molecule has 1 heterocycles. The molecule has 1 unspecified atom stereocenters. The van der Waals surface area contributed by atoms with Crippen LogP contribution in [0, 0.1) is 19.8 Å². The fraction of sp³-hybridized carbons (Fsp3) is 0.611. The van der Waals surface area contributed by atoms with Crippen LogP contribution in [-0.2, 0) is 9.53 Å². The van der Waals surface area contributed by atoms with Gasteiger partial charge in [0.15, 0.2) is 0 Å². The van der Waals surface area contributed by atoms with Crippen LogP contribution in [0.25, 0.3) is 0 Å². The summed E-state index contributed by atoms with van der Waals surface area (Å²) in [6.07, 6.45) is 2.02. The number of likely N-dealkylation sites (tertiary alicyclic amines) is 1. The van der Waals surface area contributed by atoms with Gasteiger partial charge in [0, 0.05) is 6.54 Å². The Hall–Kier alpha value is -1.39. The third-order valence-electron chi connectivity index (χ3n) is 4.63. The van der Waals surface area contributed by atoms with Crippen molar-refractivity contribution >= 4 is 5.97 Å². The number of nitrogens with zero attached hydrogens (tertiary/aromatic N) is 1. The lowest BCUT2D eigenvalue weighted by Gasteiger charge is -2.31. The second-order valence-corrected chi connectivity index (χ2v) is 6.30. The van der Waals surface area contributed by atoms with Gasteiger partial charge in [0.1, 0.15) is 0 Å². The minimum absolute atomic E-state index is 0.0468. The number of rotatable bonds is 5. The van der Waals surface area contributed by atoms with Gasteiger partial charge in [-0.3, -0.25) is 4.79 Å². The summed E-state index contributed by atoms with van der Waals surface area (Å²) >= 11 is 0. The lowest BCUT2D eigenvalue weighted by atomic mass is 9.96. The Morgan fingerprint density at radius 2 is 2.05 bits per heavy atom. The van der Waals surface area contributed by atoms with Gasteiger partial charge in [0.05, 0.1) is 19.1 Å². The lowest BCUT2D eigenvalue weighted by Crippen LogP contribution is -2.37. The van der Waals surface area contributed by atoms with Crippen LogP contribution in [-0.4, -0.2) is 42.7 Å². The number of methoxy groups -OCH3 is 1. The number of carbonyl (C=O) groups excluding carboxylic acids is 1. The molecule has 0 radical (unpaired) electrons. The largest absolute Gasteiger partial charge is 0.469 e. The molecule has 0 aliphatic carbocycles. The number of aliphatic hydroxyl groups excluding tert-OH is 1. The Bertz CT molecular complexity index is 507. The number of benzene rings is 1. The molecule has 1 aliphatic rings. The first-order valence-corrected chi connectivity index (χ1v) is 8.06. The number of aliphatic hydroxyl groups is 1. The molecule has 1 aliphatic heterocycles. The second kappa shape index (κ2) is 7.75. The average molecular weight is 305 g/mol. The van der Waals surface area contributed by atoms with Gasteiger partial charge in [0.2, 0.25) is 0 Å². The minimum Gasteiger partial charge on any atom is -0.469 e. The summed E-state index contributed by atoms with van der Waals surface area (Å²) in [6.45, 7) is 6.78. The maximum absolute atomic E-state index is 11.5. The van der Waals surface area contributed by atoms with Crippen LogP contribution in [0.2, 0.25) is 0 Å². The Morgan fingerprint density at radius 1 is 1.36 bits per heavy atom. The zero-order valence-corrected chi connectivity index (χ0v) is 13.8. The van der Waals surface area contributed by atoms with Crippen LogP contribution < -0.4 is 0 Å². The van der Waals surface area contributed by atoms with Crippen molar-refractivity contribution in [2.75, 3.05) is 26.7 Å². The van der Waals surface area contributed by atoms with Gasteiger partial charge < -0.3 is 14.7 Å². The van der Waals surface area contributed by atoms with Crippen molar-refractivity contribution < 1.29 is 14.6 Å². The minimum atomic E-state index is -0.418. The second-order valence-electron chi connectivity index (χ2n) is 6.30. The van der Waals surface area contributed by atoms with E-state index >= 15 is 0 Å². The quantitative estimate of drug-likeness (QED) is 0.850. The van der Waals surface area contributed by atoms with Gasteiger partial charge in [-0.2, -0.15) is 0 Å². The molecule has 1 N–H and O–H groups in total. The van der Waals surface area contributed by atoms with Gasteiger partial charge in [-0.15, -0.1) is 0 Å². The summed E-state index contributed by atoms with van der Waals surface area (Å²) in [6, 6.07) is 6.19. The number of ether oxygens (including phenoxy) is 1. The molecule has 0 saturated carbocycles. The molecule has 4 heteroatoms. The van der Waals surface area contributed by atoms with E-state index in [0.29, 0.717) is 0 Å². The highest BCUT2D eigenvalue weighted by atomic mass is 16.5. The maximum atomic E-state index is 11.5. The van der Waals surface area contributed by atoms with Gasteiger partial charge in [-0.25, -0.2) is 0 Å². The summed E-state index contributed by atoms with van der Waals surface area (Å²) < 4.78 is 4.81. The van der Waals surface area contributed by atoms with Crippen molar-refractivity contribution in [2.24, 2.45) is 5.92 Å². The topological polar surface area (TPSA) is 49.8 Å². The van der Waals surface area contributed by atoms with Crippen molar-refractivity contribution in [3.05, 3.63) is 34.9 Å².